The predicted octanol–water partition coefficient (Wildman–Crippen LogP) is 0.238. The minimum Gasteiger partial charge on any atom is -0.234 e. The molecule has 0 atom stereocenters. The predicted molar refractivity (Wildman–Crippen MR) is 59.2 cm³/mol. The molecule has 3 nitrogen and oxygen atoms in total. The first-order valence-electron chi connectivity index (χ1n) is 4.19. The topological polar surface area (TPSA) is 37.1 Å². The zero-order valence-electron chi connectivity index (χ0n) is 7.14. The highest BCUT2D eigenvalue weighted by molar-refractivity contribution is 7.82. The fourth-order valence-electron chi connectivity index (χ4n) is 1.55. The Kier molecular flexibility index (Phi) is 1.46. The molecule has 14 heavy (non-hydrogen) atoms. The van der Waals surface area contributed by atoms with Crippen molar-refractivity contribution in [3.63, 3.8) is 0 Å². The third kappa shape index (κ3) is 0.914. The van der Waals surface area contributed by atoms with Crippen molar-refractivity contribution in [2.45, 2.75) is 0 Å². The van der Waals surface area contributed by atoms with Gasteiger partial charge in [-0.25, -0.2) is 15.0 Å². The van der Waals surface area contributed by atoms with Crippen LogP contribution in [0.3, 0.4) is 0 Å². The smallest absolute Gasteiger partial charge is 0.154 e. The molecule has 0 amide bonds. The Balaban J connectivity index is 2.57. The van der Waals surface area contributed by atoms with Gasteiger partial charge in [-0.15, -0.1) is 0 Å². The zero-order chi connectivity index (χ0) is 9.54. The average molecular weight is 199 g/mol. The second-order valence-corrected chi connectivity index (χ2v) is 3.39. The molecule has 0 unspecified atom stereocenters. The van der Waals surface area contributed by atoms with Crippen molar-refractivity contribution in [1.82, 2.24) is 0 Å². The summed E-state index contributed by atoms with van der Waals surface area (Å²) in [5.41, 5.74) is 1.57. The Labute approximate surface area is 85.2 Å². The maximum Gasteiger partial charge on any atom is 0.154 e. The highest BCUT2D eigenvalue weighted by Gasteiger charge is 2.19. The van der Waals surface area contributed by atoms with E-state index in [2.05, 4.69) is 15.0 Å². The van der Waals surface area contributed by atoms with Crippen molar-refractivity contribution >= 4 is 35.0 Å². The van der Waals surface area contributed by atoms with Crippen LogP contribution in [-0.2, 0) is 0 Å². The van der Waals surface area contributed by atoms with Crippen molar-refractivity contribution in [3.05, 3.63) is 34.8 Å². The number of fused-ring (bicyclic) bond motifs is 2. The van der Waals surface area contributed by atoms with Crippen LogP contribution in [0.2, 0.25) is 0 Å². The summed E-state index contributed by atoms with van der Waals surface area (Å²) < 4.78 is 0. The fourth-order valence-corrected chi connectivity index (χ4v) is 1.80. The largest absolute Gasteiger partial charge is 0.234 e. The van der Waals surface area contributed by atoms with Gasteiger partial charge < -0.3 is 0 Å². The van der Waals surface area contributed by atoms with E-state index in [0.717, 1.165) is 22.0 Å². The minimum atomic E-state index is 0.524. The molecule has 0 bridgehead atoms. The molecule has 4 heteroatoms. The van der Waals surface area contributed by atoms with Crippen molar-refractivity contribution in [2.75, 3.05) is 0 Å². The molecule has 2 aliphatic heterocycles. The second-order valence-electron chi connectivity index (χ2n) is 3.00. The number of nitrogens with zero attached hydrogens (tertiary/aromatic N) is 3. The summed E-state index contributed by atoms with van der Waals surface area (Å²) in [7, 11) is 0. The van der Waals surface area contributed by atoms with E-state index >= 15 is 0 Å². The number of hydrogen-bond acceptors (Lipinski definition) is 3. The molecule has 66 valence electrons. The van der Waals surface area contributed by atoms with Gasteiger partial charge in [0.15, 0.2) is 4.99 Å². The summed E-state index contributed by atoms with van der Waals surface area (Å²) in [6.45, 7) is 0. The number of rotatable bonds is 0. The first kappa shape index (κ1) is 7.70. The fraction of sp³-hybridized carbons (Fsp3) is 0. The van der Waals surface area contributed by atoms with Crippen molar-refractivity contribution in [3.8, 4) is 0 Å². The molecular weight excluding hydrogens is 194 g/mol. The molecule has 2 heterocycles. The number of para-hydroxylation sites is 1. The summed E-state index contributed by atoms with van der Waals surface area (Å²) >= 11 is 5.12. The molecule has 0 fully saturated rings. The Morgan fingerprint density at radius 2 is 2.00 bits per heavy atom. The minimum absolute atomic E-state index is 0.524. The van der Waals surface area contributed by atoms with Crippen LogP contribution in [0.25, 0.3) is 5.70 Å². The Morgan fingerprint density at radius 3 is 2.93 bits per heavy atom. The second kappa shape index (κ2) is 2.65. The summed E-state index contributed by atoms with van der Waals surface area (Å²) in [6, 6.07) is 7.81. The number of thiocarbonyl (C=S) groups is 1. The van der Waals surface area contributed by atoms with Gasteiger partial charge in [0.2, 0.25) is 0 Å². The van der Waals surface area contributed by atoms with Crippen LogP contribution in [0.1, 0.15) is 0 Å². The van der Waals surface area contributed by atoms with E-state index in [0.29, 0.717) is 4.99 Å². The molecule has 2 aliphatic rings. The van der Waals surface area contributed by atoms with Crippen LogP contribution in [0.15, 0.2) is 39.2 Å². The standard InChI is InChI=1S/C10H5N3S/c14-10-9-8(11-5-12-9)6-3-1-2-4-7(6)13-10/h1-5H. The lowest BCUT2D eigenvalue weighted by molar-refractivity contribution is 1.34. The molecule has 0 radical (unpaired) electrons. The van der Waals surface area contributed by atoms with Gasteiger partial charge in [0.25, 0.3) is 0 Å². The van der Waals surface area contributed by atoms with Gasteiger partial charge in [0.1, 0.15) is 17.7 Å². The normalized spacial score (nSPS) is 17.3. The molecule has 1 aromatic carbocycles. The molecule has 3 rings (SSSR count). The lowest BCUT2D eigenvalue weighted by atomic mass is 10.1. The third-order valence-corrected chi connectivity index (χ3v) is 2.47. The molecule has 0 aliphatic carbocycles. The molecule has 0 saturated carbocycles. The van der Waals surface area contributed by atoms with E-state index in [1.165, 1.54) is 6.34 Å². The number of hydrogen-bond donors (Lipinski definition) is 0. The monoisotopic (exact) mass is 199 g/mol. The van der Waals surface area contributed by atoms with Crippen molar-refractivity contribution in [2.24, 2.45) is 15.0 Å². The average Bonchev–Trinajstić information content (AvgIpc) is 2.67. The van der Waals surface area contributed by atoms with E-state index < -0.39 is 0 Å². The van der Waals surface area contributed by atoms with Gasteiger partial charge in [-0.1, -0.05) is 30.4 Å². The molecule has 0 saturated heterocycles. The summed E-state index contributed by atoms with van der Waals surface area (Å²) in [6.07, 6.45) is 1.52. The van der Waals surface area contributed by atoms with Gasteiger partial charge >= 0.3 is 0 Å². The van der Waals surface area contributed by atoms with Crippen LogP contribution in [-0.4, -0.2) is 17.0 Å². The maximum absolute atomic E-state index is 5.12. The van der Waals surface area contributed by atoms with Crippen LogP contribution >= 0.6 is 12.2 Å². The summed E-state index contributed by atoms with van der Waals surface area (Å²) in [4.78, 5) is 13.1. The maximum atomic E-state index is 5.12. The van der Waals surface area contributed by atoms with Crippen LogP contribution in [0.4, 0.5) is 0 Å². The Hall–Kier alpha value is -1.68. The molecule has 0 aromatic heterocycles. The van der Waals surface area contributed by atoms with Gasteiger partial charge in [-0.2, -0.15) is 0 Å². The number of aliphatic imine (C=N–C) groups is 2. The Morgan fingerprint density at radius 1 is 1.14 bits per heavy atom. The third-order valence-electron chi connectivity index (χ3n) is 2.18. The zero-order valence-corrected chi connectivity index (χ0v) is 7.95. The summed E-state index contributed by atoms with van der Waals surface area (Å²) in [5, 5.41) is 1.89. The Bertz CT molecular complexity index is 610. The van der Waals surface area contributed by atoms with E-state index in [4.69, 9.17) is 12.2 Å². The van der Waals surface area contributed by atoms with Crippen LogP contribution in [0, 0.1) is 0 Å². The SMILES string of the molecule is S=C1N=c2ccccc2=C2N=CN=C12. The van der Waals surface area contributed by atoms with Gasteiger partial charge in [0, 0.05) is 5.22 Å². The van der Waals surface area contributed by atoms with Crippen molar-refractivity contribution < 1.29 is 0 Å². The van der Waals surface area contributed by atoms with Gasteiger partial charge in [-0.3, -0.25) is 0 Å². The quantitative estimate of drug-likeness (QED) is 0.551. The lowest BCUT2D eigenvalue weighted by Gasteiger charge is -2.05. The molecule has 0 N–H and O–H groups in total. The molecule has 0 spiro atoms. The summed E-state index contributed by atoms with van der Waals surface area (Å²) in [5.74, 6) is 0. The first-order chi connectivity index (χ1) is 6.86. The lowest BCUT2D eigenvalue weighted by Crippen LogP contribution is -2.35. The molecular formula is C10H5N3S. The van der Waals surface area contributed by atoms with E-state index in [-0.39, 0.29) is 0 Å². The molecule has 1 aromatic rings. The van der Waals surface area contributed by atoms with Crippen LogP contribution in [0.5, 0.6) is 0 Å². The van der Waals surface area contributed by atoms with Gasteiger partial charge in [-0.05, 0) is 6.07 Å². The number of benzene rings is 1. The highest BCUT2D eigenvalue weighted by Crippen LogP contribution is 2.09. The van der Waals surface area contributed by atoms with Crippen molar-refractivity contribution in [1.29, 1.82) is 0 Å². The van der Waals surface area contributed by atoms with E-state index in [1.807, 2.05) is 24.3 Å². The van der Waals surface area contributed by atoms with Crippen LogP contribution < -0.4 is 10.6 Å². The highest BCUT2D eigenvalue weighted by atomic mass is 32.1. The van der Waals surface area contributed by atoms with E-state index in [1.54, 1.807) is 0 Å². The van der Waals surface area contributed by atoms with Gasteiger partial charge in [0.05, 0.1) is 5.36 Å². The first-order valence-corrected chi connectivity index (χ1v) is 4.60. The van der Waals surface area contributed by atoms with E-state index in [9.17, 15) is 0 Å².